The molecule has 1 aromatic heterocycles. The summed E-state index contributed by atoms with van der Waals surface area (Å²) in [6.45, 7) is 4.79. The Balaban J connectivity index is 1.47. The van der Waals surface area contributed by atoms with Gasteiger partial charge in [-0.25, -0.2) is 4.39 Å². The minimum absolute atomic E-state index is 0.179. The fourth-order valence-electron chi connectivity index (χ4n) is 4.82. The number of rotatable bonds is 9. The standard InChI is InChI=1S/C29H28ClF2N3O/c1-2-25(26-9-6-23(32)14-27(26)30)29(21-5-10-28-22(13-21)16-33-34-28)20-3-7-24(8-4-20)36-12-11-35-17-19(15-31)18-35/h3-10,13-14,16,19H,2,11-12,15,17-18H2,1H3,(H,33,34). The first-order valence-electron chi connectivity index (χ1n) is 12.2. The smallest absolute Gasteiger partial charge is 0.124 e. The molecule has 0 amide bonds. The summed E-state index contributed by atoms with van der Waals surface area (Å²) in [6, 6.07) is 18.7. The van der Waals surface area contributed by atoms with E-state index in [1.165, 1.54) is 12.1 Å². The zero-order chi connectivity index (χ0) is 25.1. The molecule has 1 fully saturated rings. The van der Waals surface area contributed by atoms with Crippen LogP contribution in [-0.4, -0.2) is 48.0 Å². The highest BCUT2D eigenvalue weighted by Crippen LogP contribution is 2.38. The Morgan fingerprint density at radius 2 is 1.86 bits per heavy atom. The topological polar surface area (TPSA) is 41.1 Å². The molecule has 1 aliphatic heterocycles. The molecule has 1 N–H and O–H groups in total. The number of nitrogens with one attached hydrogen (secondary N) is 1. The zero-order valence-electron chi connectivity index (χ0n) is 20.1. The van der Waals surface area contributed by atoms with E-state index in [1.54, 1.807) is 12.3 Å². The first-order valence-corrected chi connectivity index (χ1v) is 12.6. The third kappa shape index (κ3) is 5.15. The molecule has 0 bridgehead atoms. The van der Waals surface area contributed by atoms with Gasteiger partial charge in [0.2, 0.25) is 0 Å². The minimum atomic E-state index is -0.361. The van der Waals surface area contributed by atoms with E-state index in [0.717, 1.165) is 64.1 Å². The van der Waals surface area contributed by atoms with E-state index in [-0.39, 0.29) is 18.4 Å². The predicted octanol–water partition coefficient (Wildman–Crippen LogP) is 7.00. The summed E-state index contributed by atoms with van der Waals surface area (Å²) < 4.78 is 32.4. The summed E-state index contributed by atoms with van der Waals surface area (Å²) in [5.41, 5.74) is 5.85. The maximum absolute atomic E-state index is 13.8. The second kappa shape index (κ2) is 10.8. The van der Waals surface area contributed by atoms with Crippen LogP contribution in [0.3, 0.4) is 0 Å². The summed E-state index contributed by atoms with van der Waals surface area (Å²) in [5.74, 6) is 0.600. The maximum Gasteiger partial charge on any atom is 0.124 e. The molecule has 1 saturated heterocycles. The Morgan fingerprint density at radius 1 is 1.08 bits per heavy atom. The fraction of sp³-hybridized carbons (Fsp3) is 0.276. The highest BCUT2D eigenvalue weighted by Gasteiger charge is 2.25. The van der Waals surface area contributed by atoms with Gasteiger partial charge in [-0.1, -0.05) is 42.8 Å². The number of hydrogen-bond donors (Lipinski definition) is 1. The van der Waals surface area contributed by atoms with Crippen LogP contribution in [0.5, 0.6) is 5.75 Å². The Labute approximate surface area is 214 Å². The number of halogens is 3. The average molecular weight is 508 g/mol. The first kappa shape index (κ1) is 24.5. The van der Waals surface area contributed by atoms with Crippen molar-refractivity contribution in [1.82, 2.24) is 15.1 Å². The predicted molar refractivity (Wildman–Crippen MR) is 142 cm³/mol. The number of fused-ring (bicyclic) bond motifs is 1. The second-order valence-corrected chi connectivity index (χ2v) is 9.56. The molecular weight excluding hydrogens is 480 g/mol. The van der Waals surface area contributed by atoms with Crippen LogP contribution in [0.15, 0.2) is 66.9 Å². The molecule has 0 unspecified atom stereocenters. The first-order chi connectivity index (χ1) is 17.6. The maximum atomic E-state index is 13.8. The van der Waals surface area contributed by atoms with Crippen LogP contribution in [0.25, 0.3) is 22.0 Å². The van der Waals surface area contributed by atoms with Crippen LogP contribution in [-0.2, 0) is 0 Å². The Morgan fingerprint density at radius 3 is 2.58 bits per heavy atom. The quantitative estimate of drug-likeness (QED) is 0.248. The van der Waals surface area contributed by atoms with Gasteiger partial charge in [-0.05, 0) is 70.7 Å². The number of benzene rings is 3. The van der Waals surface area contributed by atoms with Crippen LogP contribution in [0.4, 0.5) is 8.78 Å². The largest absolute Gasteiger partial charge is 0.492 e. The summed E-state index contributed by atoms with van der Waals surface area (Å²) in [7, 11) is 0. The number of nitrogens with zero attached hydrogens (tertiary/aromatic N) is 2. The summed E-state index contributed by atoms with van der Waals surface area (Å²) in [6.07, 6.45) is 2.51. The van der Waals surface area contributed by atoms with Crippen LogP contribution in [0.1, 0.15) is 30.0 Å². The lowest BCUT2D eigenvalue weighted by molar-refractivity contribution is 0.0668. The molecule has 186 valence electrons. The van der Waals surface area contributed by atoms with Gasteiger partial charge in [-0.2, -0.15) is 5.10 Å². The molecule has 0 saturated carbocycles. The number of allylic oxidation sites excluding steroid dienone is 1. The van der Waals surface area contributed by atoms with Gasteiger partial charge < -0.3 is 4.74 Å². The van der Waals surface area contributed by atoms with Crippen molar-refractivity contribution in [2.24, 2.45) is 5.92 Å². The Kier molecular flexibility index (Phi) is 7.35. The number of aromatic amines is 1. The molecule has 2 heterocycles. The highest BCUT2D eigenvalue weighted by molar-refractivity contribution is 6.32. The van der Waals surface area contributed by atoms with Crippen LogP contribution >= 0.6 is 11.6 Å². The Bertz CT molecular complexity index is 1380. The molecule has 0 atom stereocenters. The van der Waals surface area contributed by atoms with E-state index < -0.39 is 0 Å². The van der Waals surface area contributed by atoms with E-state index in [1.807, 2.05) is 30.3 Å². The molecule has 0 radical (unpaired) electrons. The number of hydrogen-bond acceptors (Lipinski definition) is 3. The molecule has 5 rings (SSSR count). The molecular formula is C29H28ClF2N3O. The molecule has 0 spiro atoms. The van der Waals surface area contributed by atoms with E-state index >= 15 is 0 Å². The van der Waals surface area contributed by atoms with Crippen LogP contribution in [0.2, 0.25) is 5.02 Å². The number of H-pyrrole nitrogens is 1. The van der Waals surface area contributed by atoms with E-state index in [2.05, 4.69) is 34.2 Å². The monoisotopic (exact) mass is 507 g/mol. The molecule has 4 aromatic rings. The van der Waals surface area contributed by atoms with Gasteiger partial charge >= 0.3 is 0 Å². The molecule has 1 aliphatic rings. The van der Waals surface area contributed by atoms with Crippen LogP contribution < -0.4 is 4.74 Å². The van der Waals surface area contributed by atoms with Gasteiger partial charge in [0.25, 0.3) is 0 Å². The fourth-order valence-corrected chi connectivity index (χ4v) is 5.10. The van der Waals surface area contributed by atoms with Gasteiger partial charge in [-0.3, -0.25) is 14.4 Å². The lowest BCUT2D eigenvalue weighted by Gasteiger charge is -2.37. The Hall–Kier alpha value is -3.22. The van der Waals surface area contributed by atoms with Crippen molar-refractivity contribution >= 4 is 33.7 Å². The summed E-state index contributed by atoms with van der Waals surface area (Å²) in [5, 5.41) is 8.54. The number of likely N-dealkylation sites (tertiary alicyclic amines) is 1. The SMILES string of the molecule is CCC(=C(c1ccc(OCCN2CC(CF)C2)cc1)c1ccc2[nH]ncc2c1)c1ccc(F)cc1Cl. The van der Waals surface area contributed by atoms with Gasteiger partial charge in [0.15, 0.2) is 0 Å². The average Bonchev–Trinajstić information content (AvgIpc) is 3.33. The van der Waals surface area contributed by atoms with Gasteiger partial charge in [0.1, 0.15) is 18.2 Å². The third-order valence-electron chi connectivity index (χ3n) is 6.71. The van der Waals surface area contributed by atoms with Gasteiger partial charge in [-0.15, -0.1) is 0 Å². The number of alkyl halides is 1. The summed E-state index contributed by atoms with van der Waals surface area (Å²) >= 11 is 6.51. The van der Waals surface area contributed by atoms with Crippen molar-refractivity contribution in [3.63, 3.8) is 0 Å². The lowest BCUT2D eigenvalue weighted by atomic mass is 9.87. The van der Waals surface area contributed by atoms with E-state index in [4.69, 9.17) is 16.3 Å². The zero-order valence-corrected chi connectivity index (χ0v) is 20.9. The number of aromatic nitrogens is 2. The van der Waals surface area contributed by atoms with E-state index in [0.29, 0.717) is 18.1 Å². The molecule has 7 heteroatoms. The summed E-state index contributed by atoms with van der Waals surface area (Å²) in [4.78, 5) is 2.20. The van der Waals surface area contributed by atoms with Crippen LogP contribution in [0, 0.1) is 11.7 Å². The van der Waals surface area contributed by atoms with Crippen molar-refractivity contribution in [2.45, 2.75) is 13.3 Å². The molecule has 36 heavy (non-hydrogen) atoms. The lowest BCUT2D eigenvalue weighted by Crippen LogP contribution is -2.49. The van der Waals surface area contributed by atoms with Gasteiger partial charge in [0.05, 0.1) is 23.4 Å². The van der Waals surface area contributed by atoms with Gasteiger partial charge in [0, 0.05) is 30.9 Å². The normalized spacial score (nSPS) is 15.1. The highest BCUT2D eigenvalue weighted by atomic mass is 35.5. The minimum Gasteiger partial charge on any atom is -0.492 e. The second-order valence-electron chi connectivity index (χ2n) is 9.16. The van der Waals surface area contributed by atoms with Crippen molar-refractivity contribution in [3.05, 3.63) is 94.4 Å². The molecule has 3 aromatic carbocycles. The van der Waals surface area contributed by atoms with Crippen molar-refractivity contribution in [2.75, 3.05) is 32.9 Å². The van der Waals surface area contributed by atoms with Crippen molar-refractivity contribution in [1.29, 1.82) is 0 Å². The molecule has 0 aliphatic carbocycles. The third-order valence-corrected chi connectivity index (χ3v) is 7.02. The van der Waals surface area contributed by atoms with E-state index in [9.17, 15) is 8.78 Å². The van der Waals surface area contributed by atoms with Crippen molar-refractivity contribution < 1.29 is 13.5 Å². The number of ether oxygens (including phenoxy) is 1. The van der Waals surface area contributed by atoms with Crippen molar-refractivity contribution in [3.8, 4) is 5.75 Å². The molecule has 4 nitrogen and oxygen atoms in total.